The van der Waals surface area contributed by atoms with Crippen molar-refractivity contribution < 1.29 is 22.6 Å². The number of H-pyrrole nitrogens is 1. The molecule has 0 aliphatic carbocycles. The summed E-state index contributed by atoms with van der Waals surface area (Å²) in [5, 5.41) is 2.83. The summed E-state index contributed by atoms with van der Waals surface area (Å²) in [6.07, 6.45) is -2.23. The molecule has 5 nitrogen and oxygen atoms in total. The van der Waals surface area contributed by atoms with Gasteiger partial charge in [-0.3, -0.25) is 0 Å². The largest absolute Gasteiger partial charge is 0.489 e. The molecule has 1 heterocycles. The van der Waals surface area contributed by atoms with Crippen LogP contribution in [0.1, 0.15) is 19.2 Å². The lowest BCUT2D eigenvalue weighted by molar-refractivity contribution is -0.758. The van der Waals surface area contributed by atoms with Crippen molar-refractivity contribution in [2.75, 3.05) is 13.2 Å². The highest BCUT2D eigenvalue weighted by molar-refractivity contribution is 5.55. The maximum absolute atomic E-state index is 12.9. The van der Waals surface area contributed by atoms with Gasteiger partial charge in [-0.2, -0.15) is 18.6 Å². The summed E-state index contributed by atoms with van der Waals surface area (Å²) in [6.45, 7) is 2.25. The van der Waals surface area contributed by atoms with Crippen LogP contribution >= 0.6 is 0 Å². The summed E-state index contributed by atoms with van der Waals surface area (Å²) in [7, 11) is 0. The molecular weight excluding hydrogens is 309 g/mol. The molecule has 1 aromatic heterocycles. The lowest BCUT2D eigenvalue weighted by Gasteiger charge is -2.06. The highest BCUT2D eigenvalue weighted by atomic mass is 19.3. The van der Waals surface area contributed by atoms with Crippen molar-refractivity contribution in [1.29, 1.82) is 0 Å². The Labute approximate surface area is 131 Å². The molecule has 0 radical (unpaired) electrons. The zero-order chi connectivity index (χ0) is 16.8. The van der Waals surface area contributed by atoms with Crippen LogP contribution in [-0.4, -0.2) is 23.2 Å². The first-order valence-corrected chi connectivity index (χ1v) is 7.08. The van der Waals surface area contributed by atoms with Crippen LogP contribution in [0.2, 0.25) is 0 Å². The molecule has 8 heteroatoms. The summed E-state index contributed by atoms with van der Waals surface area (Å²) in [6, 6.07) is 6.68. The van der Waals surface area contributed by atoms with E-state index in [4.69, 9.17) is 10.5 Å². The quantitative estimate of drug-likeness (QED) is 0.768. The van der Waals surface area contributed by atoms with E-state index in [-0.39, 0.29) is 19.0 Å². The van der Waals surface area contributed by atoms with E-state index in [2.05, 4.69) is 10.1 Å². The van der Waals surface area contributed by atoms with Crippen molar-refractivity contribution in [2.45, 2.75) is 19.9 Å². The highest BCUT2D eigenvalue weighted by Crippen LogP contribution is 2.21. The van der Waals surface area contributed by atoms with Crippen molar-refractivity contribution in [3.8, 4) is 17.1 Å². The fourth-order valence-corrected chi connectivity index (χ4v) is 1.94. The summed E-state index contributed by atoms with van der Waals surface area (Å²) < 4.78 is 44.8. The Kier molecular flexibility index (Phi) is 5.75. The minimum Gasteiger partial charge on any atom is -0.489 e. The van der Waals surface area contributed by atoms with Gasteiger partial charge in [0.2, 0.25) is 0 Å². The van der Waals surface area contributed by atoms with Crippen molar-refractivity contribution in [3.05, 3.63) is 42.0 Å². The lowest BCUT2D eigenvalue weighted by Crippen LogP contribution is -2.38. The van der Waals surface area contributed by atoms with Gasteiger partial charge < -0.3 is 10.5 Å². The molecular formula is C15H18F3N4O+. The van der Waals surface area contributed by atoms with Crippen molar-refractivity contribution >= 4 is 0 Å². The van der Waals surface area contributed by atoms with E-state index >= 15 is 0 Å². The molecule has 0 spiro atoms. The number of benzene rings is 1. The fraction of sp³-hybridized carbons (Fsp3) is 0.333. The minimum atomic E-state index is -2.65. The third kappa shape index (κ3) is 4.10. The average Bonchev–Trinajstić information content (AvgIpc) is 3.01. The second-order valence-electron chi connectivity index (χ2n) is 4.76. The Hall–Kier alpha value is -2.35. The molecule has 23 heavy (non-hydrogen) atoms. The van der Waals surface area contributed by atoms with Crippen LogP contribution in [0, 0.1) is 0 Å². The van der Waals surface area contributed by atoms with Gasteiger partial charge in [0.25, 0.3) is 5.82 Å². The predicted octanol–water partition coefficient (Wildman–Crippen LogP) is 2.51. The standard InChI is InChI=1S/C15H17F3N4O/c1-2-22-15(13(17)18)20-14(21-22)11-3-5-12(6-4-11)23-9-10(7-16)8-19/h3-7,13H,2,8-9,19H2,1H3/p+1/b10-7+. The molecule has 2 aromatic rings. The highest BCUT2D eigenvalue weighted by Gasteiger charge is 2.28. The van der Waals surface area contributed by atoms with Crippen molar-refractivity contribution in [3.63, 3.8) is 0 Å². The normalized spacial score (nSPS) is 12.0. The first-order valence-electron chi connectivity index (χ1n) is 7.08. The molecule has 0 amide bonds. The number of ether oxygens (including phenoxy) is 1. The summed E-state index contributed by atoms with van der Waals surface area (Å²) >= 11 is 0. The summed E-state index contributed by atoms with van der Waals surface area (Å²) in [5.41, 5.74) is 6.32. The maximum atomic E-state index is 12.9. The van der Waals surface area contributed by atoms with E-state index in [1.165, 1.54) is 4.68 Å². The van der Waals surface area contributed by atoms with Crippen LogP contribution in [0.4, 0.5) is 13.2 Å². The number of aryl methyl sites for hydroxylation is 1. The van der Waals surface area contributed by atoms with Crippen molar-refractivity contribution in [2.24, 2.45) is 5.73 Å². The number of hydrogen-bond acceptors (Lipinski definition) is 3. The molecule has 0 aliphatic rings. The molecule has 0 unspecified atom stereocenters. The Morgan fingerprint density at radius 2 is 2.09 bits per heavy atom. The Balaban J connectivity index is 2.13. The van der Waals surface area contributed by atoms with Gasteiger partial charge in [-0.1, -0.05) is 0 Å². The Bertz CT molecular complexity index is 668. The Morgan fingerprint density at radius 3 is 2.57 bits per heavy atom. The topological polar surface area (TPSA) is 67.8 Å². The number of hydrogen-bond donors (Lipinski definition) is 2. The van der Waals surface area contributed by atoms with Crippen LogP contribution in [-0.2, 0) is 6.54 Å². The number of alkyl halides is 2. The number of aromatic amines is 1. The molecule has 124 valence electrons. The predicted molar refractivity (Wildman–Crippen MR) is 78.6 cm³/mol. The van der Waals surface area contributed by atoms with E-state index in [1.807, 2.05) is 0 Å². The van der Waals surface area contributed by atoms with E-state index in [0.29, 0.717) is 35.6 Å². The van der Waals surface area contributed by atoms with Crippen molar-refractivity contribution in [1.82, 2.24) is 10.1 Å². The van der Waals surface area contributed by atoms with Gasteiger partial charge in [0, 0.05) is 17.7 Å². The molecule has 0 atom stereocenters. The van der Waals surface area contributed by atoms with E-state index < -0.39 is 6.43 Å². The third-order valence-corrected chi connectivity index (χ3v) is 3.22. The molecule has 0 bridgehead atoms. The van der Waals surface area contributed by atoms with Gasteiger partial charge in [-0.05, 0) is 36.2 Å². The van der Waals surface area contributed by atoms with E-state index in [9.17, 15) is 13.2 Å². The van der Waals surface area contributed by atoms with Gasteiger partial charge in [0.1, 0.15) is 18.9 Å². The SMILES string of the molecule is CC[n+]1[nH]c(-c2ccc(OC/C(=C/F)CN)cc2)nc1C(F)F. The average molecular weight is 327 g/mol. The van der Waals surface area contributed by atoms with Crippen LogP contribution < -0.4 is 15.2 Å². The zero-order valence-corrected chi connectivity index (χ0v) is 12.6. The fourth-order valence-electron chi connectivity index (χ4n) is 1.94. The first-order chi connectivity index (χ1) is 11.1. The number of aromatic nitrogens is 3. The molecule has 2 rings (SSSR count). The molecule has 1 aromatic carbocycles. The van der Waals surface area contributed by atoms with Crippen LogP contribution in [0.25, 0.3) is 11.4 Å². The number of nitrogens with two attached hydrogens (primary N) is 1. The number of nitrogens with zero attached hydrogens (tertiary/aromatic N) is 2. The van der Waals surface area contributed by atoms with Gasteiger partial charge >= 0.3 is 12.2 Å². The molecule has 0 saturated heterocycles. The van der Waals surface area contributed by atoms with Crippen LogP contribution in [0.15, 0.2) is 36.2 Å². The van der Waals surface area contributed by atoms with Gasteiger partial charge in [0.15, 0.2) is 0 Å². The van der Waals surface area contributed by atoms with Gasteiger partial charge in [-0.25, -0.2) is 4.39 Å². The second-order valence-corrected chi connectivity index (χ2v) is 4.76. The maximum Gasteiger partial charge on any atom is 0.386 e. The summed E-state index contributed by atoms with van der Waals surface area (Å²) in [5.74, 6) is 0.564. The monoisotopic (exact) mass is 327 g/mol. The lowest BCUT2D eigenvalue weighted by atomic mass is 10.2. The second kappa shape index (κ2) is 7.77. The van der Waals surface area contributed by atoms with Crippen LogP contribution in [0.3, 0.4) is 0 Å². The van der Waals surface area contributed by atoms with E-state index in [1.54, 1.807) is 31.2 Å². The zero-order valence-electron chi connectivity index (χ0n) is 12.6. The molecule has 0 fully saturated rings. The van der Waals surface area contributed by atoms with Crippen LogP contribution in [0.5, 0.6) is 5.75 Å². The molecule has 0 saturated carbocycles. The van der Waals surface area contributed by atoms with E-state index in [0.717, 1.165) is 0 Å². The Morgan fingerprint density at radius 1 is 1.39 bits per heavy atom. The first kappa shape index (κ1) is 17.0. The summed E-state index contributed by atoms with van der Waals surface area (Å²) in [4.78, 5) is 3.92. The smallest absolute Gasteiger partial charge is 0.386 e. The molecule has 0 aliphatic heterocycles. The number of halogens is 3. The number of nitrogens with one attached hydrogen (secondary N) is 1. The third-order valence-electron chi connectivity index (χ3n) is 3.22. The molecule has 3 N–H and O–H groups in total. The number of rotatable bonds is 7. The minimum absolute atomic E-state index is 0.0540. The van der Waals surface area contributed by atoms with Gasteiger partial charge in [0.05, 0.1) is 6.33 Å². The van der Waals surface area contributed by atoms with Gasteiger partial charge in [-0.15, -0.1) is 0 Å².